The summed E-state index contributed by atoms with van der Waals surface area (Å²) < 4.78 is 42.7. The molecule has 0 fully saturated rings. The second-order valence-corrected chi connectivity index (χ2v) is 8.35. The summed E-state index contributed by atoms with van der Waals surface area (Å²) in [6.45, 7) is -0.0420. The molecule has 2 N–H and O–H groups in total. The van der Waals surface area contributed by atoms with E-state index >= 15 is 0 Å². The molecule has 0 atom stereocenters. The number of alkyl halides is 3. The normalized spacial score (nSPS) is 12.1. The molecule has 13 heteroatoms. The van der Waals surface area contributed by atoms with E-state index in [1.165, 1.54) is 29.3 Å². The summed E-state index contributed by atoms with van der Waals surface area (Å²) in [6.07, 6.45) is -3.60. The van der Waals surface area contributed by atoms with Crippen molar-refractivity contribution in [1.29, 1.82) is 0 Å². The molecule has 5 rings (SSSR count). The van der Waals surface area contributed by atoms with Crippen molar-refractivity contribution < 1.29 is 13.2 Å². The van der Waals surface area contributed by atoms with E-state index in [2.05, 4.69) is 20.3 Å². The largest absolute Gasteiger partial charge is 0.433 e. The molecule has 5 aromatic rings. The lowest BCUT2D eigenvalue weighted by Gasteiger charge is -2.09. The van der Waals surface area contributed by atoms with Crippen molar-refractivity contribution in [2.75, 3.05) is 5.32 Å². The summed E-state index contributed by atoms with van der Waals surface area (Å²) in [7, 11) is 3.00. The summed E-state index contributed by atoms with van der Waals surface area (Å²) in [6, 6.07) is 9.30. The number of H-pyrrole nitrogens is 1. The van der Waals surface area contributed by atoms with Crippen molar-refractivity contribution >= 4 is 45.3 Å². The van der Waals surface area contributed by atoms with Gasteiger partial charge in [-0.2, -0.15) is 18.2 Å². The monoisotopic (exact) mass is 503 g/mol. The van der Waals surface area contributed by atoms with Crippen molar-refractivity contribution in [1.82, 2.24) is 28.7 Å². The number of halogens is 4. The number of rotatable bonds is 4. The number of hydrogen-bond donors (Lipinski definition) is 2. The highest BCUT2D eigenvalue weighted by Gasteiger charge is 2.32. The van der Waals surface area contributed by atoms with Gasteiger partial charge < -0.3 is 14.9 Å². The molecule has 0 amide bonds. The highest BCUT2D eigenvalue weighted by molar-refractivity contribution is 6.35. The Morgan fingerprint density at radius 2 is 1.89 bits per heavy atom. The molecule has 0 radical (unpaired) electrons. The van der Waals surface area contributed by atoms with Gasteiger partial charge in [-0.25, -0.2) is 4.79 Å². The first-order valence-corrected chi connectivity index (χ1v) is 10.6. The first-order valence-electron chi connectivity index (χ1n) is 10.3. The van der Waals surface area contributed by atoms with Crippen molar-refractivity contribution in [3.63, 3.8) is 0 Å². The maximum atomic E-state index is 13.3. The Bertz CT molecular complexity index is 1730. The summed E-state index contributed by atoms with van der Waals surface area (Å²) in [5.41, 5.74) is -0.633. The van der Waals surface area contributed by atoms with Crippen LogP contribution >= 0.6 is 11.6 Å². The van der Waals surface area contributed by atoms with Gasteiger partial charge in [0.15, 0.2) is 11.2 Å². The van der Waals surface area contributed by atoms with E-state index in [-0.39, 0.29) is 29.3 Å². The number of nitrogens with one attached hydrogen (secondary N) is 2. The van der Waals surface area contributed by atoms with Crippen LogP contribution in [0, 0.1) is 0 Å². The predicted molar refractivity (Wildman–Crippen MR) is 125 cm³/mol. The molecule has 4 heterocycles. The first-order chi connectivity index (χ1) is 16.5. The maximum absolute atomic E-state index is 13.3. The van der Waals surface area contributed by atoms with Crippen molar-refractivity contribution in [3.05, 3.63) is 79.8 Å². The molecule has 0 saturated heterocycles. The topological polar surface area (TPSA) is 103 Å². The van der Waals surface area contributed by atoms with Gasteiger partial charge in [0, 0.05) is 47.6 Å². The van der Waals surface area contributed by atoms with Crippen LogP contribution in [0.25, 0.3) is 22.1 Å². The summed E-state index contributed by atoms with van der Waals surface area (Å²) >= 11 is 6.22. The van der Waals surface area contributed by atoms with E-state index in [4.69, 9.17) is 11.6 Å². The van der Waals surface area contributed by atoms with E-state index in [0.717, 1.165) is 27.7 Å². The lowest BCUT2D eigenvalue weighted by atomic mass is 10.2. The molecule has 0 unspecified atom stereocenters. The number of pyridine rings is 1. The highest BCUT2D eigenvalue weighted by atomic mass is 35.5. The molecule has 0 aliphatic heterocycles. The molecule has 35 heavy (non-hydrogen) atoms. The van der Waals surface area contributed by atoms with E-state index in [1.807, 2.05) is 6.07 Å². The van der Waals surface area contributed by atoms with Crippen LogP contribution in [-0.4, -0.2) is 28.7 Å². The second-order valence-electron chi connectivity index (χ2n) is 7.95. The average Bonchev–Trinajstić information content (AvgIpc) is 3.37. The maximum Gasteiger partial charge on any atom is 0.433 e. The number of fused-ring (bicyclic) bond motifs is 2. The fourth-order valence-corrected chi connectivity index (χ4v) is 4.15. The fraction of sp³-hybridized carbons (Fsp3) is 0.182. The molecule has 0 bridgehead atoms. The Balaban J connectivity index is 1.58. The molecular weight excluding hydrogens is 487 g/mol. The Morgan fingerprint density at radius 1 is 1.11 bits per heavy atom. The third kappa shape index (κ3) is 3.85. The van der Waals surface area contributed by atoms with Crippen LogP contribution < -0.4 is 16.6 Å². The van der Waals surface area contributed by atoms with Crippen LogP contribution in [0.5, 0.6) is 0 Å². The van der Waals surface area contributed by atoms with Crippen LogP contribution in [-0.2, 0) is 26.8 Å². The number of aryl methyl sites for hydroxylation is 2. The standard InChI is InChI=1S/C22H17ClF3N7O2/c1-31-17-18(30-20(31)29-11-6-7-27-16(9-11)22(24,25)26)32(2)21(35)33(19(17)34)10-12-8-13-14(23)4-3-5-15(13)28-12/h3-9,28H,10H2,1-2H3,(H,27,29,30). The number of anilines is 2. The average molecular weight is 504 g/mol. The van der Waals surface area contributed by atoms with E-state index < -0.39 is 23.1 Å². The summed E-state index contributed by atoms with van der Waals surface area (Å²) in [4.78, 5) is 37.1. The lowest BCUT2D eigenvalue weighted by Crippen LogP contribution is -2.39. The minimum Gasteiger partial charge on any atom is -0.357 e. The van der Waals surface area contributed by atoms with Crippen LogP contribution in [0.2, 0.25) is 5.02 Å². The second kappa shape index (κ2) is 8.01. The molecule has 0 aliphatic carbocycles. The quantitative estimate of drug-likeness (QED) is 0.388. The Morgan fingerprint density at radius 3 is 2.60 bits per heavy atom. The Kier molecular flexibility index (Phi) is 5.20. The molecule has 0 aliphatic rings. The zero-order valence-electron chi connectivity index (χ0n) is 18.3. The number of aromatic nitrogens is 6. The molecule has 180 valence electrons. The van der Waals surface area contributed by atoms with Gasteiger partial charge in [-0.05, 0) is 30.3 Å². The number of hydrogen-bond acceptors (Lipinski definition) is 5. The van der Waals surface area contributed by atoms with Gasteiger partial charge in [-0.1, -0.05) is 17.7 Å². The first kappa shape index (κ1) is 22.7. The van der Waals surface area contributed by atoms with Crippen LogP contribution in [0.1, 0.15) is 11.4 Å². The minimum atomic E-state index is -4.62. The SMILES string of the molecule is Cn1c(Nc2ccnc(C(F)(F)F)c2)nc2c1c(=O)n(Cc1cc3c(Cl)cccc3[nH]1)c(=O)n2C. The van der Waals surface area contributed by atoms with Gasteiger partial charge in [0.2, 0.25) is 5.95 Å². The van der Waals surface area contributed by atoms with Crippen LogP contribution in [0.15, 0.2) is 52.2 Å². The van der Waals surface area contributed by atoms with Gasteiger partial charge in [0.05, 0.1) is 6.54 Å². The van der Waals surface area contributed by atoms with Gasteiger partial charge in [0.1, 0.15) is 5.69 Å². The number of benzene rings is 1. The van der Waals surface area contributed by atoms with Crippen molar-refractivity contribution in [2.24, 2.45) is 14.1 Å². The fourth-order valence-electron chi connectivity index (χ4n) is 3.92. The highest BCUT2D eigenvalue weighted by Crippen LogP contribution is 2.30. The third-order valence-electron chi connectivity index (χ3n) is 5.66. The van der Waals surface area contributed by atoms with E-state index in [0.29, 0.717) is 10.7 Å². The summed E-state index contributed by atoms with van der Waals surface area (Å²) in [5.74, 6) is 0.0848. The van der Waals surface area contributed by atoms with Gasteiger partial charge in [-0.3, -0.25) is 18.9 Å². The molecule has 0 saturated carbocycles. The van der Waals surface area contributed by atoms with Gasteiger partial charge >= 0.3 is 11.9 Å². The van der Waals surface area contributed by atoms with Gasteiger partial charge in [0.25, 0.3) is 5.56 Å². The number of nitrogens with zero attached hydrogens (tertiary/aromatic N) is 5. The zero-order chi connectivity index (χ0) is 25.1. The van der Waals surface area contributed by atoms with Crippen LogP contribution in [0.3, 0.4) is 0 Å². The van der Waals surface area contributed by atoms with Crippen molar-refractivity contribution in [3.8, 4) is 0 Å². The molecule has 4 aromatic heterocycles. The molecule has 0 spiro atoms. The van der Waals surface area contributed by atoms with Gasteiger partial charge in [-0.15, -0.1) is 0 Å². The number of imidazole rings is 1. The molecule has 1 aromatic carbocycles. The summed E-state index contributed by atoms with van der Waals surface area (Å²) in [5, 5.41) is 4.07. The van der Waals surface area contributed by atoms with Crippen molar-refractivity contribution in [2.45, 2.75) is 12.7 Å². The Hall–Kier alpha value is -4.06. The number of aromatic amines is 1. The minimum absolute atomic E-state index is 0.0420. The van der Waals surface area contributed by atoms with E-state index in [9.17, 15) is 22.8 Å². The lowest BCUT2D eigenvalue weighted by molar-refractivity contribution is -0.141. The zero-order valence-corrected chi connectivity index (χ0v) is 19.1. The molecule has 9 nitrogen and oxygen atoms in total. The van der Waals surface area contributed by atoms with E-state index in [1.54, 1.807) is 18.2 Å². The molecular formula is C22H17ClF3N7O2. The van der Waals surface area contributed by atoms with Crippen LogP contribution in [0.4, 0.5) is 24.8 Å². The smallest absolute Gasteiger partial charge is 0.357 e. The predicted octanol–water partition coefficient (Wildman–Crippen LogP) is 3.77. The Labute approximate surface area is 199 Å². The third-order valence-corrected chi connectivity index (χ3v) is 5.99.